The fourth-order valence-electron chi connectivity index (χ4n) is 4.70. The van der Waals surface area contributed by atoms with Gasteiger partial charge in [0.1, 0.15) is 0 Å². The molecule has 2 aliphatic carbocycles. The summed E-state index contributed by atoms with van der Waals surface area (Å²) in [7, 11) is 4.07. The van der Waals surface area contributed by atoms with E-state index in [0.29, 0.717) is 11.1 Å². The Kier molecular flexibility index (Phi) is 4.44. The van der Waals surface area contributed by atoms with E-state index in [0.717, 1.165) is 0 Å². The fraction of sp³-hybridized carbons (Fsp3) is 0.474. The van der Waals surface area contributed by atoms with Crippen molar-refractivity contribution >= 4 is 17.4 Å². The van der Waals surface area contributed by atoms with Gasteiger partial charge in [0, 0.05) is 25.8 Å². The number of ether oxygens (including phenoxy) is 3. The van der Waals surface area contributed by atoms with Crippen LogP contribution in [0.15, 0.2) is 35.4 Å². The third-order valence-electron chi connectivity index (χ3n) is 6.02. The molecule has 0 radical (unpaired) electrons. The molecule has 0 saturated heterocycles. The largest absolute Gasteiger partial charge is 0.469 e. The molecule has 1 aromatic carbocycles. The second-order valence-electron chi connectivity index (χ2n) is 6.78. The van der Waals surface area contributed by atoms with Crippen LogP contribution in [0, 0.1) is 22.0 Å². The van der Waals surface area contributed by atoms with E-state index < -0.39 is 33.9 Å². The average molecular weight is 375 g/mol. The van der Waals surface area contributed by atoms with Gasteiger partial charge >= 0.3 is 5.97 Å². The van der Waals surface area contributed by atoms with Crippen LogP contribution in [0.25, 0.3) is 0 Å². The maximum absolute atomic E-state index is 13.4. The van der Waals surface area contributed by atoms with Gasteiger partial charge in [0.2, 0.25) is 0 Å². The number of nitrogens with zero attached hydrogens (tertiary/aromatic N) is 1. The number of nitro groups is 1. The van der Waals surface area contributed by atoms with Gasteiger partial charge < -0.3 is 14.2 Å². The third-order valence-corrected chi connectivity index (χ3v) is 6.02. The van der Waals surface area contributed by atoms with Crippen LogP contribution in [-0.4, -0.2) is 43.8 Å². The van der Waals surface area contributed by atoms with E-state index in [4.69, 9.17) is 14.2 Å². The molecular formula is C19H21NO7. The first-order chi connectivity index (χ1) is 12.7. The molecule has 0 heterocycles. The minimum absolute atomic E-state index is 0.172. The lowest BCUT2D eigenvalue weighted by molar-refractivity contribution is -0.385. The molecule has 0 aliphatic heterocycles. The molecule has 0 spiro atoms. The number of hydrogen-bond donors (Lipinski definition) is 0. The summed E-state index contributed by atoms with van der Waals surface area (Å²) in [5.74, 6) is -4.07. The zero-order valence-corrected chi connectivity index (χ0v) is 15.8. The molecule has 8 heteroatoms. The summed E-state index contributed by atoms with van der Waals surface area (Å²) in [6, 6.07) is 5.96. The number of carbonyl (C=O) groups excluding carboxylic acids is 2. The highest BCUT2D eigenvalue weighted by Gasteiger charge is 2.83. The van der Waals surface area contributed by atoms with E-state index in [2.05, 4.69) is 0 Å². The number of Topliss-reactive ketones (excluding diaryl/α,β-unsaturated/α-hetero) is 1. The normalized spacial score (nSPS) is 28.6. The number of hydrogen-bond acceptors (Lipinski definition) is 7. The SMILES string of the molecule is COC(=O)[C@@H]1[C@H]2C(OC)(OC)C(C)=C(C)C(=O)[C@@]12c1ccccc1[N+](=O)[O-]. The Hall–Kier alpha value is -2.58. The number of ketones is 1. The highest BCUT2D eigenvalue weighted by atomic mass is 16.7. The molecule has 1 fully saturated rings. The Labute approximate surface area is 156 Å². The molecule has 0 amide bonds. The Morgan fingerprint density at radius 2 is 1.74 bits per heavy atom. The van der Waals surface area contributed by atoms with Crippen LogP contribution in [-0.2, 0) is 29.2 Å². The number of benzene rings is 1. The van der Waals surface area contributed by atoms with E-state index >= 15 is 0 Å². The Morgan fingerprint density at radius 1 is 1.15 bits per heavy atom. The first-order valence-corrected chi connectivity index (χ1v) is 8.40. The molecule has 0 N–H and O–H groups in total. The van der Waals surface area contributed by atoms with Crippen molar-refractivity contribution in [3.05, 3.63) is 51.1 Å². The van der Waals surface area contributed by atoms with Crippen molar-refractivity contribution in [2.24, 2.45) is 11.8 Å². The molecule has 0 aromatic heterocycles. The van der Waals surface area contributed by atoms with Crippen molar-refractivity contribution < 1.29 is 28.7 Å². The molecule has 0 bridgehead atoms. The number of methoxy groups -OCH3 is 3. The summed E-state index contributed by atoms with van der Waals surface area (Å²) >= 11 is 0. The topological polar surface area (TPSA) is 105 Å². The molecule has 0 unspecified atom stereocenters. The smallest absolute Gasteiger partial charge is 0.310 e. The monoisotopic (exact) mass is 375 g/mol. The Morgan fingerprint density at radius 3 is 2.26 bits per heavy atom. The maximum Gasteiger partial charge on any atom is 0.310 e. The number of esters is 1. The van der Waals surface area contributed by atoms with Crippen molar-refractivity contribution in [2.75, 3.05) is 21.3 Å². The minimum atomic E-state index is -1.47. The van der Waals surface area contributed by atoms with Crippen molar-refractivity contribution in [2.45, 2.75) is 25.0 Å². The summed E-state index contributed by atoms with van der Waals surface area (Å²) in [4.78, 5) is 37.1. The molecule has 3 atom stereocenters. The number of para-hydroxylation sites is 1. The van der Waals surface area contributed by atoms with Crippen LogP contribution in [0.1, 0.15) is 19.4 Å². The average Bonchev–Trinajstić information content (AvgIpc) is 3.38. The highest BCUT2D eigenvalue weighted by Crippen LogP contribution is 2.71. The standard InChI is InChI=1S/C19H21NO7/c1-10-11(2)19(26-4,27-5)15-14(17(22)25-3)18(15,16(10)21)12-8-6-7-9-13(12)20(23)24/h6-9,14-15H,1-5H3/t14-,15+,18-/m0/s1. The van der Waals surface area contributed by atoms with Crippen LogP contribution >= 0.6 is 0 Å². The zero-order valence-electron chi connectivity index (χ0n) is 15.8. The van der Waals surface area contributed by atoms with Gasteiger partial charge in [-0.1, -0.05) is 18.2 Å². The molecule has 27 heavy (non-hydrogen) atoms. The number of nitro benzene ring substituents is 1. The summed E-state index contributed by atoms with van der Waals surface area (Å²) in [5, 5.41) is 11.6. The third kappa shape index (κ3) is 2.17. The van der Waals surface area contributed by atoms with Gasteiger partial charge in [-0.25, -0.2) is 0 Å². The molecule has 144 valence electrons. The summed E-state index contributed by atoms with van der Waals surface area (Å²) < 4.78 is 16.3. The van der Waals surface area contributed by atoms with Crippen molar-refractivity contribution in [1.29, 1.82) is 0 Å². The van der Waals surface area contributed by atoms with Crippen molar-refractivity contribution in [3.63, 3.8) is 0 Å². The Bertz CT molecular complexity index is 871. The Balaban J connectivity index is 2.37. The first kappa shape index (κ1) is 19.2. The minimum Gasteiger partial charge on any atom is -0.469 e. The second kappa shape index (κ2) is 6.24. The number of rotatable bonds is 5. The zero-order chi connectivity index (χ0) is 20.1. The fourth-order valence-corrected chi connectivity index (χ4v) is 4.70. The summed E-state index contributed by atoms with van der Waals surface area (Å²) in [5.41, 5.74) is -0.615. The highest BCUT2D eigenvalue weighted by molar-refractivity contribution is 6.13. The van der Waals surface area contributed by atoms with Gasteiger partial charge in [-0.2, -0.15) is 0 Å². The predicted molar refractivity (Wildman–Crippen MR) is 93.9 cm³/mol. The van der Waals surface area contributed by atoms with Crippen molar-refractivity contribution in [1.82, 2.24) is 0 Å². The van der Waals surface area contributed by atoms with E-state index in [1.54, 1.807) is 19.9 Å². The lowest BCUT2D eigenvalue weighted by Gasteiger charge is -2.38. The van der Waals surface area contributed by atoms with Gasteiger partial charge in [-0.3, -0.25) is 19.7 Å². The number of allylic oxidation sites excluding steroid dienone is 1. The van der Waals surface area contributed by atoms with Crippen LogP contribution in [0.5, 0.6) is 0 Å². The molecule has 1 aromatic rings. The van der Waals surface area contributed by atoms with Gasteiger partial charge in [0.25, 0.3) is 5.69 Å². The molecular weight excluding hydrogens is 354 g/mol. The second-order valence-corrected chi connectivity index (χ2v) is 6.78. The molecule has 2 aliphatic rings. The van der Waals surface area contributed by atoms with Gasteiger partial charge in [-0.15, -0.1) is 0 Å². The van der Waals surface area contributed by atoms with Gasteiger partial charge in [0.05, 0.1) is 29.3 Å². The van der Waals surface area contributed by atoms with Gasteiger partial charge in [-0.05, 0) is 25.0 Å². The summed E-state index contributed by atoms with van der Waals surface area (Å²) in [6.07, 6.45) is 0. The lowest BCUT2D eigenvalue weighted by atomic mass is 9.75. The van der Waals surface area contributed by atoms with Crippen LogP contribution in [0.3, 0.4) is 0 Å². The quantitative estimate of drug-likeness (QED) is 0.336. The number of carbonyl (C=O) groups is 2. The molecule has 1 saturated carbocycles. The molecule has 8 nitrogen and oxygen atoms in total. The van der Waals surface area contributed by atoms with Crippen LogP contribution < -0.4 is 0 Å². The van der Waals surface area contributed by atoms with Gasteiger partial charge in [0.15, 0.2) is 11.6 Å². The predicted octanol–water partition coefficient (Wildman–Crippen LogP) is 2.16. The van der Waals surface area contributed by atoms with Crippen LogP contribution in [0.4, 0.5) is 5.69 Å². The van der Waals surface area contributed by atoms with E-state index in [1.165, 1.54) is 39.5 Å². The molecule has 3 rings (SSSR count). The van der Waals surface area contributed by atoms with E-state index in [1.807, 2.05) is 0 Å². The van der Waals surface area contributed by atoms with E-state index in [9.17, 15) is 19.7 Å². The van der Waals surface area contributed by atoms with E-state index in [-0.39, 0.29) is 17.0 Å². The summed E-state index contributed by atoms with van der Waals surface area (Å²) in [6.45, 7) is 3.32. The maximum atomic E-state index is 13.4. The first-order valence-electron chi connectivity index (χ1n) is 8.40. The number of fused-ring (bicyclic) bond motifs is 1. The van der Waals surface area contributed by atoms with Crippen LogP contribution in [0.2, 0.25) is 0 Å². The van der Waals surface area contributed by atoms with Crippen molar-refractivity contribution in [3.8, 4) is 0 Å². The lowest BCUT2D eigenvalue weighted by Crippen LogP contribution is -2.47.